The summed E-state index contributed by atoms with van der Waals surface area (Å²) in [6.45, 7) is 6.55. The van der Waals surface area contributed by atoms with Gasteiger partial charge >= 0.3 is 0 Å². The second-order valence-corrected chi connectivity index (χ2v) is 8.13. The Morgan fingerprint density at radius 3 is 2.80 bits per heavy atom. The number of allylic oxidation sites excluding steroid dienone is 3. The third-order valence-electron chi connectivity index (χ3n) is 7.37. The zero-order valence-electron chi connectivity index (χ0n) is 12.8. The van der Waals surface area contributed by atoms with Gasteiger partial charge in [-0.05, 0) is 80.5 Å². The summed E-state index contributed by atoms with van der Waals surface area (Å²) >= 11 is 0. The Balaban J connectivity index is 1.63. The molecule has 6 atom stereocenters. The molecule has 4 rings (SSSR count). The molecule has 3 saturated carbocycles. The number of hydrogen-bond acceptors (Lipinski definition) is 1. The molecule has 4 aliphatic carbocycles. The lowest BCUT2D eigenvalue weighted by molar-refractivity contribution is -0.0529. The lowest BCUT2D eigenvalue weighted by Crippen LogP contribution is -2.47. The van der Waals surface area contributed by atoms with Crippen LogP contribution in [0.25, 0.3) is 0 Å². The molecule has 1 N–H and O–H groups in total. The Labute approximate surface area is 123 Å². The maximum atomic E-state index is 10.4. The van der Waals surface area contributed by atoms with Crippen LogP contribution in [0.1, 0.15) is 58.3 Å². The standard InChI is InChI=1S/C19H28O/c1-12-3-5-14-13(11-12)4-6-16-15(14)9-10-19(2)17(16)7-8-18(19)20/h11,14-18,20H,1,3-10H2,2H3/t14-,15+,16+,17-,18-,19-/m0/s1. The van der Waals surface area contributed by atoms with E-state index < -0.39 is 0 Å². The predicted octanol–water partition coefficient (Wildman–Crippen LogP) is 4.48. The van der Waals surface area contributed by atoms with Crippen molar-refractivity contribution in [1.82, 2.24) is 0 Å². The fourth-order valence-corrected chi connectivity index (χ4v) is 6.25. The molecule has 0 radical (unpaired) electrons. The van der Waals surface area contributed by atoms with Crippen LogP contribution in [-0.4, -0.2) is 11.2 Å². The third kappa shape index (κ3) is 1.71. The minimum atomic E-state index is -0.0310. The van der Waals surface area contributed by atoms with Crippen LogP contribution in [0.2, 0.25) is 0 Å². The molecule has 0 amide bonds. The van der Waals surface area contributed by atoms with Crippen LogP contribution in [0.4, 0.5) is 0 Å². The highest BCUT2D eigenvalue weighted by molar-refractivity contribution is 5.29. The molecule has 0 heterocycles. The Bertz CT molecular complexity index is 462. The molecule has 4 aliphatic rings. The summed E-state index contributed by atoms with van der Waals surface area (Å²) in [5.74, 6) is 3.44. The molecular weight excluding hydrogens is 244 g/mol. The molecule has 0 bridgehead atoms. The molecule has 0 aromatic rings. The topological polar surface area (TPSA) is 20.2 Å². The number of aliphatic hydroxyl groups excluding tert-OH is 1. The highest BCUT2D eigenvalue weighted by Crippen LogP contribution is 2.61. The summed E-state index contributed by atoms with van der Waals surface area (Å²) < 4.78 is 0. The second-order valence-electron chi connectivity index (χ2n) is 8.13. The zero-order valence-corrected chi connectivity index (χ0v) is 12.8. The maximum absolute atomic E-state index is 10.4. The number of fused-ring (bicyclic) bond motifs is 5. The van der Waals surface area contributed by atoms with Crippen molar-refractivity contribution in [1.29, 1.82) is 0 Å². The summed E-state index contributed by atoms with van der Waals surface area (Å²) in [5, 5.41) is 10.4. The fraction of sp³-hybridized carbons (Fsp3) is 0.789. The average molecular weight is 272 g/mol. The molecule has 0 unspecified atom stereocenters. The van der Waals surface area contributed by atoms with Gasteiger partial charge in [-0.1, -0.05) is 30.7 Å². The summed E-state index contributed by atoms with van der Waals surface area (Å²) in [7, 11) is 0. The van der Waals surface area contributed by atoms with E-state index in [0.29, 0.717) is 0 Å². The van der Waals surface area contributed by atoms with Crippen molar-refractivity contribution < 1.29 is 5.11 Å². The first-order valence-corrected chi connectivity index (χ1v) is 8.66. The normalized spacial score (nSPS) is 51.0. The quantitative estimate of drug-likeness (QED) is 0.689. The molecule has 0 aliphatic heterocycles. The molecule has 20 heavy (non-hydrogen) atoms. The Morgan fingerprint density at radius 2 is 1.95 bits per heavy atom. The van der Waals surface area contributed by atoms with E-state index in [4.69, 9.17) is 0 Å². The van der Waals surface area contributed by atoms with Gasteiger partial charge in [0.25, 0.3) is 0 Å². The lowest BCUT2D eigenvalue weighted by atomic mass is 9.52. The smallest absolute Gasteiger partial charge is 0.0596 e. The largest absolute Gasteiger partial charge is 0.393 e. The van der Waals surface area contributed by atoms with Gasteiger partial charge in [-0.15, -0.1) is 0 Å². The Morgan fingerprint density at radius 1 is 1.10 bits per heavy atom. The van der Waals surface area contributed by atoms with Crippen molar-refractivity contribution in [3.05, 3.63) is 23.8 Å². The number of hydrogen-bond donors (Lipinski definition) is 1. The van der Waals surface area contributed by atoms with Crippen molar-refractivity contribution in [3.63, 3.8) is 0 Å². The van der Waals surface area contributed by atoms with E-state index >= 15 is 0 Å². The van der Waals surface area contributed by atoms with E-state index in [2.05, 4.69) is 19.6 Å². The maximum Gasteiger partial charge on any atom is 0.0596 e. The van der Waals surface area contributed by atoms with Crippen LogP contribution in [0.5, 0.6) is 0 Å². The van der Waals surface area contributed by atoms with E-state index in [1.165, 1.54) is 50.5 Å². The second kappa shape index (κ2) is 4.47. The van der Waals surface area contributed by atoms with Gasteiger partial charge in [0.15, 0.2) is 0 Å². The molecule has 110 valence electrons. The Kier molecular flexibility index (Phi) is 2.93. The summed E-state index contributed by atoms with van der Waals surface area (Å²) in [4.78, 5) is 0. The first-order valence-electron chi connectivity index (χ1n) is 8.66. The highest BCUT2D eigenvalue weighted by Gasteiger charge is 2.55. The summed E-state index contributed by atoms with van der Waals surface area (Å²) in [5.41, 5.74) is 3.30. The van der Waals surface area contributed by atoms with Gasteiger partial charge < -0.3 is 5.11 Å². The van der Waals surface area contributed by atoms with Gasteiger partial charge in [-0.25, -0.2) is 0 Å². The summed E-state index contributed by atoms with van der Waals surface area (Å²) in [6, 6.07) is 0. The van der Waals surface area contributed by atoms with E-state index in [0.717, 1.165) is 30.1 Å². The van der Waals surface area contributed by atoms with Gasteiger partial charge in [0.1, 0.15) is 0 Å². The highest BCUT2D eigenvalue weighted by atomic mass is 16.3. The van der Waals surface area contributed by atoms with Crippen LogP contribution in [0, 0.1) is 29.1 Å². The molecule has 3 fully saturated rings. The van der Waals surface area contributed by atoms with Crippen molar-refractivity contribution in [2.24, 2.45) is 29.1 Å². The minimum absolute atomic E-state index is 0.0310. The number of rotatable bonds is 0. The van der Waals surface area contributed by atoms with Crippen LogP contribution in [-0.2, 0) is 0 Å². The molecular formula is C19H28O. The van der Waals surface area contributed by atoms with Crippen molar-refractivity contribution in [2.45, 2.75) is 64.4 Å². The molecule has 1 nitrogen and oxygen atoms in total. The van der Waals surface area contributed by atoms with Crippen molar-refractivity contribution in [2.75, 3.05) is 0 Å². The van der Waals surface area contributed by atoms with Gasteiger partial charge in [0.2, 0.25) is 0 Å². The molecule has 1 heteroatoms. The molecule has 0 aromatic heterocycles. The zero-order chi connectivity index (χ0) is 13.9. The summed E-state index contributed by atoms with van der Waals surface area (Å²) in [6.07, 6.45) is 12.5. The number of aliphatic hydroxyl groups is 1. The SMILES string of the molecule is C=C1C=C2CC[C@@H]3[C@H](CC[C@]4(C)[C@@H](O)CC[C@@H]34)[C@H]2CC1. The van der Waals surface area contributed by atoms with E-state index in [9.17, 15) is 5.11 Å². The van der Waals surface area contributed by atoms with Crippen LogP contribution in [0.3, 0.4) is 0 Å². The van der Waals surface area contributed by atoms with E-state index in [1.807, 2.05) is 0 Å². The van der Waals surface area contributed by atoms with Crippen molar-refractivity contribution in [3.8, 4) is 0 Å². The van der Waals surface area contributed by atoms with Crippen LogP contribution < -0.4 is 0 Å². The van der Waals surface area contributed by atoms with Crippen LogP contribution >= 0.6 is 0 Å². The molecule has 0 spiro atoms. The first kappa shape index (κ1) is 13.1. The van der Waals surface area contributed by atoms with Gasteiger partial charge in [0.05, 0.1) is 6.10 Å². The first-order chi connectivity index (χ1) is 9.59. The molecule has 0 aromatic carbocycles. The lowest BCUT2D eigenvalue weighted by Gasteiger charge is -2.53. The predicted molar refractivity (Wildman–Crippen MR) is 82.2 cm³/mol. The van der Waals surface area contributed by atoms with E-state index in [-0.39, 0.29) is 11.5 Å². The van der Waals surface area contributed by atoms with Gasteiger partial charge in [0, 0.05) is 0 Å². The van der Waals surface area contributed by atoms with Gasteiger partial charge in [-0.2, -0.15) is 0 Å². The fourth-order valence-electron chi connectivity index (χ4n) is 6.25. The third-order valence-corrected chi connectivity index (χ3v) is 7.37. The van der Waals surface area contributed by atoms with Crippen molar-refractivity contribution >= 4 is 0 Å². The van der Waals surface area contributed by atoms with Gasteiger partial charge in [-0.3, -0.25) is 0 Å². The monoisotopic (exact) mass is 272 g/mol. The Hall–Kier alpha value is -0.560. The van der Waals surface area contributed by atoms with E-state index in [1.54, 1.807) is 5.57 Å². The van der Waals surface area contributed by atoms with Crippen LogP contribution in [0.15, 0.2) is 23.8 Å². The average Bonchev–Trinajstić information content (AvgIpc) is 2.74. The minimum Gasteiger partial charge on any atom is -0.393 e. The molecule has 0 saturated heterocycles.